The highest BCUT2D eigenvalue weighted by Gasteiger charge is 2.15. The largest absolute Gasteiger partial charge is 0.349 e. The molecule has 0 bridgehead atoms. The van der Waals surface area contributed by atoms with Gasteiger partial charge in [-0.3, -0.25) is 9.59 Å². The van der Waals surface area contributed by atoms with E-state index in [1.165, 1.54) is 22.7 Å². The third-order valence-corrected chi connectivity index (χ3v) is 10.8. The number of amides is 2. The second-order valence-electron chi connectivity index (χ2n) is 11.4. The Balaban J connectivity index is 1.03. The van der Waals surface area contributed by atoms with Crippen molar-refractivity contribution in [2.75, 3.05) is 105 Å². The van der Waals surface area contributed by atoms with Crippen LogP contribution in [0, 0.1) is 0 Å². The van der Waals surface area contributed by atoms with E-state index in [0.717, 1.165) is 110 Å². The van der Waals surface area contributed by atoms with Crippen LogP contribution in [0.4, 0.5) is 0 Å². The van der Waals surface area contributed by atoms with Crippen LogP contribution in [0.2, 0.25) is 0 Å². The molecule has 0 spiro atoms. The van der Waals surface area contributed by atoms with E-state index in [1.54, 1.807) is 33.4 Å². The van der Waals surface area contributed by atoms with Gasteiger partial charge in [0.05, 0.1) is 10.0 Å². The third-order valence-electron chi connectivity index (χ3n) is 7.30. The van der Waals surface area contributed by atoms with E-state index in [-0.39, 0.29) is 11.8 Å². The van der Waals surface area contributed by atoms with Gasteiger partial charge in [-0.05, 0) is 0 Å². The summed E-state index contributed by atoms with van der Waals surface area (Å²) in [5.74, 6) is -0.351. The van der Waals surface area contributed by atoms with Crippen molar-refractivity contribution in [3.05, 3.63) is 42.9 Å². The molecule has 2 amide bonds. The zero-order chi connectivity index (χ0) is 36.6. The number of thiazole rings is 4. The molecule has 0 aliphatic rings. The quantitative estimate of drug-likeness (QED) is 0.0314. The molecule has 286 valence electrons. The molecule has 0 radical (unpaired) electrons. The zero-order valence-electron chi connectivity index (χ0n) is 29.4. The van der Waals surface area contributed by atoms with Crippen molar-refractivity contribution in [1.29, 1.82) is 0 Å². The van der Waals surface area contributed by atoms with Crippen LogP contribution in [0.3, 0.4) is 0 Å². The number of aromatic nitrogens is 4. The maximum atomic E-state index is 12.5. The highest BCUT2D eigenvalue weighted by Crippen LogP contribution is 2.26. The van der Waals surface area contributed by atoms with E-state index in [9.17, 15) is 9.59 Å². The van der Waals surface area contributed by atoms with Crippen LogP contribution in [-0.2, 0) is 12.8 Å². The molecule has 0 aromatic carbocycles. The Labute approximate surface area is 321 Å². The van der Waals surface area contributed by atoms with Crippen molar-refractivity contribution >= 4 is 57.2 Å². The van der Waals surface area contributed by atoms with Crippen LogP contribution in [0.15, 0.2) is 21.5 Å². The van der Waals surface area contributed by atoms with Crippen molar-refractivity contribution in [2.45, 2.75) is 12.8 Å². The van der Waals surface area contributed by atoms with Crippen LogP contribution in [0.5, 0.6) is 0 Å². The van der Waals surface area contributed by atoms with E-state index in [4.69, 9.17) is 21.4 Å². The first-order valence-electron chi connectivity index (χ1n) is 17.6. The first-order valence-corrected chi connectivity index (χ1v) is 21.1. The standard InChI is InChI=1S/C32H52N14O2S4/c33-3-7-37-11-13-39-15-17-41-29(47)23-19-51-31(45-23)25-21-49-27(43-25)1-5-35-9-10-36-6-2-28-44-26(22-50-28)32-46-24(20-52-32)30(48)42-18-16-40-14-12-38-8-4-34/h19-22,35-40H,1-18,33-34H2,(H,41,47)(H,42,48). The topological polar surface area (TPSA) is 234 Å². The molecular weight excluding hydrogens is 741 g/mol. The summed E-state index contributed by atoms with van der Waals surface area (Å²) in [5.41, 5.74) is 13.4. The van der Waals surface area contributed by atoms with Gasteiger partial charge in [-0.1, -0.05) is 0 Å². The van der Waals surface area contributed by atoms with E-state index in [1.807, 2.05) is 10.8 Å². The Morgan fingerprint density at radius 1 is 0.462 bits per heavy atom. The van der Waals surface area contributed by atoms with Gasteiger partial charge in [-0.2, -0.15) is 0 Å². The predicted octanol–water partition coefficient (Wildman–Crippen LogP) is -0.454. The smallest absolute Gasteiger partial charge is 0.270 e. The van der Waals surface area contributed by atoms with Crippen molar-refractivity contribution < 1.29 is 9.59 Å². The Morgan fingerprint density at radius 2 is 0.827 bits per heavy atom. The highest BCUT2D eigenvalue weighted by atomic mass is 32.1. The SMILES string of the molecule is NCCNCCNCCNC(=O)c1csc(-c2csc(CCNCCNCCc3nc(-c4nc(C(=O)NCCNCCNCCN)cs4)cs3)n2)n1. The molecule has 12 N–H and O–H groups in total. The lowest BCUT2D eigenvalue weighted by Gasteiger charge is -2.06. The van der Waals surface area contributed by atoms with E-state index < -0.39 is 0 Å². The van der Waals surface area contributed by atoms with Gasteiger partial charge in [0.15, 0.2) is 0 Å². The average molecular weight is 793 g/mol. The molecule has 0 saturated heterocycles. The van der Waals surface area contributed by atoms with Crippen LogP contribution in [-0.4, -0.2) is 136 Å². The van der Waals surface area contributed by atoms with E-state index >= 15 is 0 Å². The average Bonchev–Trinajstić information content (AvgIpc) is 3.99. The van der Waals surface area contributed by atoms with Crippen molar-refractivity contribution in [1.82, 2.24) is 62.5 Å². The summed E-state index contributed by atoms with van der Waals surface area (Å²) in [4.78, 5) is 43.4. The Kier molecular flexibility index (Phi) is 20.3. The van der Waals surface area contributed by atoms with Gasteiger partial charge in [0.25, 0.3) is 11.8 Å². The highest BCUT2D eigenvalue weighted by molar-refractivity contribution is 7.14. The first kappa shape index (κ1) is 41.9. The minimum absolute atomic E-state index is 0.175. The van der Waals surface area contributed by atoms with Gasteiger partial charge < -0.3 is 54.0 Å². The second kappa shape index (κ2) is 25.2. The number of rotatable bonds is 29. The first-order chi connectivity index (χ1) is 25.6. The molecule has 4 aromatic rings. The maximum Gasteiger partial charge on any atom is 0.270 e. The lowest BCUT2D eigenvalue weighted by Crippen LogP contribution is -2.36. The number of carbonyl (C=O) groups excluding carboxylic acids is 2. The molecule has 0 aliphatic carbocycles. The summed E-state index contributed by atoms with van der Waals surface area (Å²) in [5, 5.41) is 36.9. The van der Waals surface area contributed by atoms with Crippen molar-refractivity contribution in [2.24, 2.45) is 11.5 Å². The van der Waals surface area contributed by atoms with Gasteiger partial charge in [0, 0.05) is 139 Å². The van der Waals surface area contributed by atoms with Crippen LogP contribution in [0.25, 0.3) is 21.4 Å². The summed E-state index contributed by atoms with van der Waals surface area (Å²) >= 11 is 6.09. The Hall–Kier alpha value is -2.86. The summed E-state index contributed by atoms with van der Waals surface area (Å²) in [6.07, 6.45) is 1.65. The molecule has 0 aliphatic heterocycles. The van der Waals surface area contributed by atoms with Gasteiger partial charge in [-0.15, -0.1) is 45.3 Å². The van der Waals surface area contributed by atoms with Crippen LogP contribution in [0.1, 0.15) is 31.0 Å². The zero-order valence-corrected chi connectivity index (χ0v) is 32.7. The molecule has 4 rings (SSSR count). The number of nitrogens with two attached hydrogens (primary N) is 2. The molecule has 4 heterocycles. The van der Waals surface area contributed by atoms with Gasteiger partial charge >= 0.3 is 0 Å². The number of hydrogen-bond donors (Lipinski definition) is 10. The summed E-state index contributed by atoms with van der Waals surface area (Å²) in [6, 6.07) is 0. The Morgan fingerprint density at radius 3 is 1.23 bits per heavy atom. The molecule has 0 unspecified atom stereocenters. The maximum absolute atomic E-state index is 12.5. The minimum atomic E-state index is -0.175. The number of nitrogens with one attached hydrogen (secondary N) is 8. The predicted molar refractivity (Wildman–Crippen MR) is 214 cm³/mol. The molecule has 16 nitrogen and oxygen atoms in total. The number of carbonyl (C=O) groups is 2. The summed E-state index contributed by atoms with van der Waals surface area (Å²) in [6.45, 7) is 12.0. The summed E-state index contributed by atoms with van der Waals surface area (Å²) in [7, 11) is 0. The Bertz CT molecular complexity index is 1460. The van der Waals surface area contributed by atoms with Crippen LogP contribution >= 0.6 is 45.3 Å². The number of hydrogen-bond acceptors (Lipinski definition) is 18. The fourth-order valence-electron chi connectivity index (χ4n) is 4.62. The van der Waals surface area contributed by atoms with Crippen LogP contribution < -0.4 is 54.0 Å². The molecule has 0 fully saturated rings. The normalized spacial score (nSPS) is 11.3. The molecule has 52 heavy (non-hydrogen) atoms. The molecular formula is C32H52N14O2S4. The van der Waals surface area contributed by atoms with Gasteiger partial charge in [0.2, 0.25) is 0 Å². The monoisotopic (exact) mass is 792 g/mol. The molecule has 0 saturated carbocycles. The second-order valence-corrected chi connectivity index (χ2v) is 15.0. The fourth-order valence-corrected chi connectivity index (χ4v) is 7.86. The lowest BCUT2D eigenvalue weighted by molar-refractivity contribution is 0.0941. The third kappa shape index (κ3) is 15.6. The molecule has 20 heteroatoms. The fraction of sp³-hybridized carbons (Fsp3) is 0.562. The molecule has 4 aromatic heterocycles. The minimum Gasteiger partial charge on any atom is -0.349 e. The van der Waals surface area contributed by atoms with Crippen molar-refractivity contribution in [3.63, 3.8) is 0 Å². The lowest BCUT2D eigenvalue weighted by atomic mass is 10.4. The van der Waals surface area contributed by atoms with Gasteiger partial charge in [-0.25, -0.2) is 19.9 Å². The van der Waals surface area contributed by atoms with E-state index in [2.05, 4.69) is 52.5 Å². The van der Waals surface area contributed by atoms with Gasteiger partial charge in [0.1, 0.15) is 32.8 Å². The van der Waals surface area contributed by atoms with Crippen molar-refractivity contribution in [3.8, 4) is 21.4 Å². The molecule has 0 atom stereocenters. The summed E-state index contributed by atoms with van der Waals surface area (Å²) < 4.78 is 0. The number of nitrogens with zero attached hydrogens (tertiary/aromatic N) is 4. The van der Waals surface area contributed by atoms with E-state index in [0.29, 0.717) is 50.7 Å².